The molecule has 0 atom stereocenters. The van der Waals surface area contributed by atoms with Crippen LogP contribution in [0.1, 0.15) is 19.0 Å². The van der Waals surface area contributed by atoms with E-state index in [2.05, 4.69) is 19.9 Å². The van der Waals surface area contributed by atoms with Crippen molar-refractivity contribution in [3.63, 3.8) is 0 Å². The number of ether oxygens (including phenoxy) is 3. The molecule has 1 aromatic carbocycles. The fraction of sp³-hybridized carbons (Fsp3) is 0.591. The van der Waals surface area contributed by atoms with Gasteiger partial charge < -0.3 is 19.1 Å². The Morgan fingerprint density at radius 3 is 2.53 bits per heavy atom. The van der Waals surface area contributed by atoms with E-state index in [1.165, 1.54) is 0 Å². The summed E-state index contributed by atoms with van der Waals surface area (Å²) < 4.78 is 51.9. The lowest BCUT2D eigenvalue weighted by atomic mass is 10.2. The van der Waals surface area contributed by atoms with Crippen LogP contribution in [-0.2, 0) is 11.3 Å². The van der Waals surface area contributed by atoms with Crippen molar-refractivity contribution in [2.75, 3.05) is 59.7 Å². The van der Waals surface area contributed by atoms with Crippen molar-refractivity contribution in [3.8, 4) is 22.1 Å². The number of rotatable bonds is 11. The Balaban J connectivity index is 1.43. The summed E-state index contributed by atoms with van der Waals surface area (Å²) in [6.45, 7) is 6.64. The van der Waals surface area contributed by atoms with Crippen molar-refractivity contribution in [2.45, 2.75) is 26.1 Å². The number of thiazole rings is 1. The average molecular weight is 474 g/mol. The van der Waals surface area contributed by atoms with Gasteiger partial charge in [-0.1, -0.05) is 0 Å². The summed E-state index contributed by atoms with van der Waals surface area (Å²) in [5.74, 6) is 1.42. The molecule has 1 aliphatic heterocycles. The summed E-state index contributed by atoms with van der Waals surface area (Å²) in [6.07, 6.45) is -3.64. The molecule has 2 heterocycles. The highest BCUT2D eigenvalue weighted by molar-refractivity contribution is 7.13. The second kappa shape index (κ2) is 11.8. The molecule has 6 nitrogen and oxygen atoms in total. The molecule has 3 rings (SSSR count). The van der Waals surface area contributed by atoms with E-state index < -0.39 is 12.8 Å². The van der Waals surface area contributed by atoms with E-state index >= 15 is 0 Å². The molecule has 0 unspecified atom stereocenters. The first kappa shape index (κ1) is 24.8. The Kier molecular flexibility index (Phi) is 9.15. The molecular formula is C22H30F3N3O3S. The number of nitrogens with zero attached hydrogens (tertiary/aromatic N) is 3. The molecule has 0 spiro atoms. The summed E-state index contributed by atoms with van der Waals surface area (Å²) >= 11 is 1.61. The van der Waals surface area contributed by atoms with Crippen molar-refractivity contribution in [2.24, 2.45) is 0 Å². The van der Waals surface area contributed by atoms with Gasteiger partial charge in [0.15, 0.2) is 11.5 Å². The normalized spacial score (nSPS) is 15.8. The van der Waals surface area contributed by atoms with Gasteiger partial charge in [-0.2, -0.15) is 13.2 Å². The fourth-order valence-corrected chi connectivity index (χ4v) is 4.37. The molecule has 0 saturated carbocycles. The fourth-order valence-electron chi connectivity index (χ4n) is 3.57. The Labute approximate surface area is 190 Å². The van der Waals surface area contributed by atoms with Gasteiger partial charge in [0.2, 0.25) is 0 Å². The molecule has 1 aliphatic rings. The topological polar surface area (TPSA) is 47.1 Å². The van der Waals surface area contributed by atoms with Crippen molar-refractivity contribution in [1.82, 2.24) is 14.8 Å². The molecule has 1 saturated heterocycles. The molecule has 0 aliphatic carbocycles. The van der Waals surface area contributed by atoms with Crippen LogP contribution in [0, 0.1) is 0 Å². The molecule has 2 aromatic rings. The van der Waals surface area contributed by atoms with Gasteiger partial charge in [0.1, 0.15) is 11.6 Å². The molecule has 0 radical (unpaired) electrons. The van der Waals surface area contributed by atoms with Crippen molar-refractivity contribution in [1.29, 1.82) is 0 Å². The van der Waals surface area contributed by atoms with Gasteiger partial charge in [0.25, 0.3) is 0 Å². The van der Waals surface area contributed by atoms with Crippen LogP contribution in [0.2, 0.25) is 0 Å². The van der Waals surface area contributed by atoms with Crippen molar-refractivity contribution < 1.29 is 27.4 Å². The maximum Gasteiger partial charge on any atom is 0.411 e. The summed E-state index contributed by atoms with van der Waals surface area (Å²) in [7, 11) is 1.63. The van der Waals surface area contributed by atoms with E-state index in [1.54, 1.807) is 18.4 Å². The molecule has 178 valence electrons. The van der Waals surface area contributed by atoms with Gasteiger partial charge in [0.05, 0.1) is 19.4 Å². The number of aromatic nitrogens is 1. The zero-order chi connectivity index (χ0) is 23.0. The number of hydrogen-bond donors (Lipinski definition) is 0. The lowest BCUT2D eigenvalue weighted by Gasteiger charge is -2.34. The van der Waals surface area contributed by atoms with E-state index in [9.17, 15) is 13.2 Å². The number of piperazine rings is 1. The number of alkyl halides is 3. The predicted octanol–water partition coefficient (Wildman–Crippen LogP) is 4.30. The third-order valence-corrected chi connectivity index (χ3v) is 6.08. The second-order valence-electron chi connectivity index (χ2n) is 7.58. The third-order valence-electron chi connectivity index (χ3n) is 5.14. The van der Waals surface area contributed by atoms with E-state index in [1.807, 2.05) is 25.1 Å². The Hall–Kier alpha value is -1.88. The number of methoxy groups -OCH3 is 1. The van der Waals surface area contributed by atoms with Crippen LogP contribution < -0.4 is 9.47 Å². The average Bonchev–Trinajstić information content (AvgIpc) is 3.23. The molecule has 0 bridgehead atoms. The maximum atomic E-state index is 12.1. The molecule has 32 heavy (non-hydrogen) atoms. The summed E-state index contributed by atoms with van der Waals surface area (Å²) in [4.78, 5) is 9.42. The van der Waals surface area contributed by atoms with Crippen LogP contribution in [0.5, 0.6) is 11.5 Å². The first-order chi connectivity index (χ1) is 15.4. The maximum absolute atomic E-state index is 12.1. The smallest absolute Gasteiger partial charge is 0.411 e. The summed E-state index contributed by atoms with van der Waals surface area (Å²) in [5.41, 5.74) is 2.03. The van der Waals surface area contributed by atoms with E-state index in [-0.39, 0.29) is 6.61 Å². The van der Waals surface area contributed by atoms with Crippen molar-refractivity contribution in [3.05, 3.63) is 29.3 Å². The van der Waals surface area contributed by atoms with Crippen LogP contribution in [0.15, 0.2) is 23.6 Å². The van der Waals surface area contributed by atoms with E-state index in [0.717, 1.165) is 61.3 Å². The summed E-state index contributed by atoms with van der Waals surface area (Å²) in [5, 5.41) is 3.03. The SMILES string of the molecule is CCOc1ccc(-c2nc(CN3CCN(CCCOCC(F)(F)F)CC3)cs2)cc1OC. The minimum Gasteiger partial charge on any atom is -0.493 e. The minimum absolute atomic E-state index is 0.137. The van der Waals surface area contributed by atoms with Gasteiger partial charge in [0, 0.05) is 56.8 Å². The Morgan fingerprint density at radius 2 is 1.84 bits per heavy atom. The molecule has 1 aromatic heterocycles. The van der Waals surface area contributed by atoms with Gasteiger partial charge >= 0.3 is 6.18 Å². The molecule has 0 amide bonds. The highest BCUT2D eigenvalue weighted by Crippen LogP contribution is 2.34. The molecule has 0 N–H and O–H groups in total. The number of benzene rings is 1. The predicted molar refractivity (Wildman–Crippen MR) is 118 cm³/mol. The third kappa shape index (κ3) is 7.61. The van der Waals surface area contributed by atoms with Crippen LogP contribution in [-0.4, -0.2) is 80.6 Å². The molecular weight excluding hydrogens is 443 g/mol. The monoisotopic (exact) mass is 473 g/mol. The van der Waals surface area contributed by atoms with Gasteiger partial charge in [-0.15, -0.1) is 11.3 Å². The largest absolute Gasteiger partial charge is 0.493 e. The lowest BCUT2D eigenvalue weighted by molar-refractivity contribution is -0.174. The van der Waals surface area contributed by atoms with Crippen molar-refractivity contribution >= 4 is 11.3 Å². The van der Waals surface area contributed by atoms with Crippen LogP contribution in [0.25, 0.3) is 10.6 Å². The van der Waals surface area contributed by atoms with Gasteiger partial charge in [-0.3, -0.25) is 4.90 Å². The standard InChI is InChI=1S/C22H30F3N3O3S/c1-3-31-19-6-5-17(13-20(19)29-2)21-26-18(15-32-21)14-28-10-8-27(9-11-28)7-4-12-30-16-22(23,24)25/h5-6,13,15H,3-4,7-12,14,16H2,1-2H3. The Morgan fingerprint density at radius 1 is 1.09 bits per heavy atom. The number of hydrogen-bond acceptors (Lipinski definition) is 7. The van der Waals surface area contributed by atoms with Crippen LogP contribution >= 0.6 is 11.3 Å². The van der Waals surface area contributed by atoms with Gasteiger partial charge in [-0.05, 0) is 31.5 Å². The first-order valence-electron chi connectivity index (χ1n) is 10.7. The van der Waals surface area contributed by atoms with Crippen LogP contribution in [0.4, 0.5) is 13.2 Å². The Bertz CT molecular complexity index is 839. The zero-order valence-corrected chi connectivity index (χ0v) is 19.3. The molecule has 1 fully saturated rings. The van der Waals surface area contributed by atoms with Gasteiger partial charge in [-0.25, -0.2) is 4.98 Å². The quantitative estimate of drug-likeness (QED) is 0.454. The number of halogens is 3. The minimum atomic E-state index is -4.25. The second-order valence-corrected chi connectivity index (χ2v) is 8.44. The van der Waals surface area contributed by atoms with E-state index in [0.29, 0.717) is 18.8 Å². The zero-order valence-electron chi connectivity index (χ0n) is 18.5. The van der Waals surface area contributed by atoms with Crippen LogP contribution in [0.3, 0.4) is 0 Å². The van der Waals surface area contributed by atoms with E-state index in [4.69, 9.17) is 14.5 Å². The highest BCUT2D eigenvalue weighted by atomic mass is 32.1. The highest BCUT2D eigenvalue weighted by Gasteiger charge is 2.27. The lowest BCUT2D eigenvalue weighted by Crippen LogP contribution is -2.46. The first-order valence-corrected chi connectivity index (χ1v) is 11.6. The summed E-state index contributed by atoms with van der Waals surface area (Å²) in [6, 6.07) is 5.85. The molecule has 10 heteroatoms.